The number of rotatable bonds is 8. The summed E-state index contributed by atoms with van der Waals surface area (Å²) in [7, 11) is 0. The van der Waals surface area contributed by atoms with Gasteiger partial charge in [-0.2, -0.15) is 5.10 Å². The zero-order chi connectivity index (χ0) is 23.5. The van der Waals surface area contributed by atoms with Crippen LogP contribution in [0.4, 0.5) is 5.69 Å². The quantitative estimate of drug-likeness (QED) is 0.414. The van der Waals surface area contributed by atoms with Crippen LogP contribution in [0.5, 0.6) is 0 Å². The van der Waals surface area contributed by atoms with Gasteiger partial charge < -0.3 is 26.4 Å². The molecule has 2 unspecified atom stereocenters. The van der Waals surface area contributed by atoms with E-state index >= 15 is 0 Å². The van der Waals surface area contributed by atoms with Gasteiger partial charge in [-0.1, -0.05) is 23.2 Å². The fraction of sp³-hybridized carbons (Fsp3) is 0.500. The first kappa shape index (κ1) is 23.8. The fourth-order valence-corrected chi connectivity index (χ4v) is 5.02. The van der Waals surface area contributed by atoms with Crippen molar-refractivity contribution in [2.45, 2.75) is 37.8 Å². The van der Waals surface area contributed by atoms with Crippen LogP contribution < -0.4 is 16.4 Å². The summed E-state index contributed by atoms with van der Waals surface area (Å²) < 4.78 is 1.59. The third-order valence-electron chi connectivity index (χ3n) is 6.24. The molecule has 0 bridgehead atoms. The summed E-state index contributed by atoms with van der Waals surface area (Å²) in [6.45, 7) is 1.83. The predicted octanol–water partition coefficient (Wildman–Crippen LogP) is 1.81. The first-order valence-corrected chi connectivity index (χ1v) is 11.9. The van der Waals surface area contributed by atoms with Gasteiger partial charge in [0.05, 0.1) is 21.4 Å². The molecular formula is C22H28Cl2N6O3. The molecule has 0 aliphatic carbocycles. The Hall–Kier alpha value is -2.33. The Morgan fingerprint density at radius 1 is 1.33 bits per heavy atom. The van der Waals surface area contributed by atoms with Gasteiger partial charge in [-0.3, -0.25) is 14.3 Å². The maximum absolute atomic E-state index is 12.2. The van der Waals surface area contributed by atoms with Gasteiger partial charge in [0.1, 0.15) is 13.2 Å². The van der Waals surface area contributed by atoms with Crippen molar-refractivity contribution in [3.05, 3.63) is 33.9 Å². The molecule has 11 heteroatoms. The standard InChI is InChI=1S/C22H28Cl2N6O3/c23-15-9-13(17-4-8-30(28-17)11-18(32)26-6-2-1-5-25)20-14-10-29(19(33)12-31)7-3-16(14)27-22(20)21(15)24/h4,8-9,14,16,27,31H,1-3,5-7,10-12,25H2,(H,26,32). The zero-order valence-electron chi connectivity index (χ0n) is 18.2. The number of carbonyl (C=O) groups is 2. The lowest BCUT2D eigenvalue weighted by Gasteiger charge is -2.35. The van der Waals surface area contributed by atoms with Crippen LogP contribution in [0.1, 0.15) is 30.7 Å². The Labute approximate surface area is 202 Å². The fourth-order valence-electron chi connectivity index (χ4n) is 4.60. The number of halogens is 2. The van der Waals surface area contributed by atoms with Crippen molar-refractivity contribution in [2.75, 3.05) is 38.1 Å². The van der Waals surface area contributed by atoms with Gasteiger partial charge in [0.15, 0.2) is 0 Å². The Kier molecular flexibility index (Phi) is 7.43. The van der Waals surface area contributed by atoms with Crippen LogP contribution in [0.2, 0.25) is 10.0 Å². The number of likely N-dealkylation sites (tertiary alicyclic amines) is 1. The van der Waals surface area contributed by atoms with Crippen molar-refractivity contribution in [1.29, 1.82) is 0 Å². The summed E-state index contributed by atoms with van der Waals surface area (Å²) in [5.74, 6) is -0.413. The molecule has 3 heterocycles. The molecule has 178 valence electrons. The van der Waals surface area contributed by atoms with Crippen LogP contribution in [0.25, 0.3) is 11.3 Å². The molecule has 2 aliphatic rings. The first-order chi connectivity index (χ1) is 15.9. The van der Waals surface area contributed by atoms with Gasteiger partial charge in [-0.15, -0.1) is 0 Å². The molecule has 1 aromatic carbocycles. The number of unbranched alkanes of at least 4 members (excludes halogenated alkanes) is 1. The Morgan fingerprint density at radius 3 is 2.91 bits per heavy atom. The van der Waals surface area contributed by atoms with E-state index in [0.29, 0.717) is 41.9 Å². The van der Waals surface area contributed by atoms with Crippen LogP contribution in [0.15, 0.2) is 18.3 Å². The number of nitrogens with two attached hydrogens (primary N) is 1. The number of nitrogens with one attached hydrogen (secondary N) is 2. The monoisotopic (exact) mass is 494 g/mol. The maximum Gasteiger partial charge on any atom is 0.248 e. The average molecular weight is 495 g/mol. The smallest absolute Gasteiger partial charge is 0.248 e. The van der Waals surface area contributed by atoms with Crippen molar-refractivity contribution in [1.82, 2.24) is 20.0 Å². The molecule has 0 saturated carbocycles. The predicted molar refractivity (Wildman–Crippen MR) is 127 cm³/mol. The number of piperidine rings is 1. The number of benzene rings is 1. The molecule has 2 aromatic rings. The summed E-state index contributed by atoms with van der Waals surface area (Å²) in [6, 6.07) is 3.74. The minimum atomic E-state index is -0.509. The van der Waals surface area contributed by atoms with Crippen LogP contribution in [-0.4, -0.2) is 70.4 Å². The van der Waals surface area contributed by atoms with Crippen molar-refractivity contribution in [2.24, 2.45) is 5.73 Å². The van der Waals surface area contributed by atoms with E-state index in [9.17, 15) is 14.7 Å². The van der Waals surface area contributed by atoms with Crippen molar-refractivity contribution < 1.29 is 14.7 Å². The third-order valence-corrected chi connectivity index (χ3v) is 7.02. The zero-order valence-corrected chi connectivity index (χ0v) is 19.7. The number of carbonyl (C=O) groups excluding carboxylic acids is 2. The van der Waals surface area contributed by atoms with E-state index in [1.807, 2.05) is 6.07 Å². The first-order valence-electron chi connectivity index (χ1n) is 11.1. The molecular weight excluding hydrogens is 467 g/mol. The lowest BCUT2D eigenvalue weighted by molar-refractivity contribution is -0.135. The minimum absolute atomic E-state index is 0.00925. The second kappa shape index (κ2) is 10.3. The lowest BCUT2D eigenvalue weighted by Crippen LogP contribution is -2.46. The van der Waals surface area contributed by atoms with Gasteiger partial charge in [-0.25, -0.2) is 0 Å². The molecule has 2 atom stereocenters. The van der Waals surface area contributed by atoms with Gasteiger partial charge in [0.2, 0.25) is 11.8 Å². The number of amides is 2. The number of hydrogen-bond acceptors (Lipinski definition) is 6. The topological polar surface area (TPSA) is 126 Å². The highest BCUT2D eigenvalue weighted by atomic mass is 35.5. The normalized spacial score (nSPS) is 19.1. The number of hydrogen-bond donors (Lipinski definition) is 4. The molecule has 2 aliphatic heterocycles. The highest BCUT2D eigenvalue weighted by molar-refractivity contribution is 6.44. The molecule has 4 rings (SSSR count). The maximum atomic E-state index is 12.2. The number of anilines is 1. The van der Waals surface area contributed by atoms with E-state index in [-0.39, 0.29) is 30.3 Å². The molecule has 9 nitrogen and oxygen atoms in total. The largest absolute Gasteiger partial charge is 0.387 e. The molecule has 2 amide bonds. The number of aliphatic hydroxyl groups excluding tert-OH is 1. The van der Waals surface area contributed by atoms with Crippen LogP contribution >= 0.6 is 23.2 Å². The highest BCUT2D eigenvalue weighted by Gasteiger charge is 2.41. The second-order valence-corrected chi connectivity index (χ2v) is 9.18. The van der Waals surface area contributed by atoms with Crippen LogP contribution in [0.3, 0.4) is 0 Å². The van der Waals surface area contributed by atoms with Crippen LogP contribution in [0, 0.1) is 0 Å². The Bertz CT molecular complexity index is 1040. The van der Waals surface area contributed by atoms with Crippen molar-refractivity contribution >= 4 is 40.7 Å². The SMILES string of the molecule is NCCCCNC(=O)Cn1ccc(-c2cc(Cl)c(Cl)c3c2C2CN(C(=O)CO)CCC2N3)n1. The summed E-state index contributed by atoms with van der Waals surface area (Å²) in [4.78, 5) is 26.0. The molecule has 33 heavy (non-hydrogen) atoms. The Balaban J connectivity index is 1.58. The number of nitrogens with zero attached hydrogens (tertiary/aromatic N) is 3. The molecule has 1 aromatic heterocycles. The number of aliphatic hydroxyl groups is 1. The number of aromatic nitrogens is 2. The Morgan fingerprint density at radius 2 is 2.15 bits per heavy atom. The summed E-state index contributed by atoms with van der Waals surface area (Å²) in [5.41, 5.74) is 8.69. The lowest BCUT2D eigenvalue weighted by atomic mass is 9.86. The number of fused-ring (bicyclic) bond motifs is 3. The van der Waals surface area contributed by atoms with Crippen LogP contribution in [-0.2, 0) is 16.1 Å². The van der Waals surface area contributed by atoms with Gasteiger partial charge in [-0.05, 0) is 43.5 Å². The van der Waals surface area contributed by atoms with E-state index in [1.54, 1.807) is 21.8 Å². The average Bonchev–Trinajstić information content (AvgIpc) is 3.43. The van der Waals surface area contributed by atoms with E-state index in [1.165, 1.54) is 0 Å². The summed E-state index contributed by atoms with van der Waals surface area (Å²) in [6.07, 6.45) is 4.20. The molecule has 1 saturated heterocycles. The summed E-state index contributed by atoms with van der Waals surface area (Å²) in [5, 5.41) is 21.1. The van der Waals surface area contributed by atoms with E-state index in [4.69, 9.17) is 28.9 Å². The molecule has 0 spiro atoms. The highest BCUT2D eigenvalue weighted by Crippen LogP contribution is 2.50. The van der Waals surface area contributed by atoms with E-state index in [0.717, 1.165) is 36.1 Å². The molecule has 1 fully saturated rings. The third kappa shape index (κ3) is 4.96. The minimum Gasteiger partial charge on any atom is -0.387 e. The van der Waals surface area contributed by atoms with Gasteiger partial charge >= 0.3 is 0 Å². The van der Waals surface area contributed by atoms with Gasteiger partial charge in [0.25, 0.3) is 0 Å². The van der Waals surface area contributed by atoms with Gasteiger partial charge in [0, 0.05) is 43.4 Å². The molecule has 5 N–H and O–H groups in total. The van der Waals surface area contributed by atoms with E-state index < -0.39 is 6.61 Å². The summed E-state index contributed by atoms with van der Waals surface area (Å²) >= 11 is 13.0. The second-order valence-electron chi connectivity index (χ2n) is 8.40. The van der Waals surface area contributed by atoms with Crippen molar-refractivity contribution in [3.8, 4) is 11.3 Å². The molecule has 0 radical (unpaired) electrons. The van der Waals surface area contributed by atoms with E-state index in [2.05, 4.69) is 15.7 Å². The van der Waals surface area contributed by atoms with Crippen molar-refractivity contribution in [3.63, 3.8) is 0 Å².